The van der Waals surface area contributed by atoms with Crippen LogP contribution in [-0.4, -0.2) is 31.7 Å². The van der Waals surface area contributed by atoms with Crippen molar-refractivity contribution in [1.29, 1.82) is 0 Å². The van der Waals surface area contributed by atoms with Gasteiger partial charge in [0.1, 0.15) is 6.10 Å². The lowest BCUT2D eigenvalue weighted by atomic mass is 10.1. The minimum Gasteiger partial charge on any atom is -0.372 e. The molecular weight excluding hydrogens is 264 g/mol. The van der Waals surface area contributed by atoms with Gasteiger partial charge >= 0.3 is 0 Å². The second-order valence-corrected chi connectivity index (χ2v) is 5.93. The first kappa shape index (κ1) is 14.4. The van der Waals surface area contributed by atoms with Gasteiger partial charge in [-0.05, 0) is 49.8 Å². The zero-order valence-corrected chi connectivity index (χ0v) is 12.5. The van der Waals surface area contributed by atoms with Gasteiger partial charge in [0.25, 0.3) is 0 Å². The van der Waals surface area contributed by atoms with Crippen LogP contribution in [0.5, 0.6) is 0 Å². The molecule has 3 rings (SSSR count). The van der Waals surface area contributed by atoms with Crippen LogP contribution in [0.15, 0.2) is 24.3 Å². The Morgan fingerprint density at radius 2 is 1.90 bits per heavy atom. The number of nitrogens with zero attached hydrogens (tertiary/aromatic N) is 1. The van der Waals surface area contributed by atoms with Crippen molar-refractivity contribution in [1.82, 2.24) is 5.32 Å². The summed E-state index contributed by atoms with van der Waals surface area (Å²) in [6.07, 6.45) is 5.53. The van der Waals surface area contributed by atoms with Crippen LogP contribution in [0.1, 0.15) is 37.7 Å². The minimum absolute atomic E-state index is 0.0209. The standard InChI is InChI=1S/C17H24N2O2/c20-17(16-5-4-12-21-16)18-13-14-6-8-15(9-7-14)19-10-2-1-3-11-19/h6-9,16H,1-5,10-13H2,(H,18,20). The number of anilines is 1. The number of piperidine rings is 1. The highest BCUT2D eigenvalue weighted by Gasteiger charge is 2.22. The first-order valence-electron chi connectivity index (χ1n) is 8.06. The lowest BCUT2D eigenvalue weighted by Gasteiger charge is -2.28. The van der Waals surface area contributed by atoms with Gasteiger partial charge in [-0.15, -0.1) is 0 Å². The molecule has 1 amide bonds. The highest BCUT2D eigenvalue weighted by molar-refractivity contribution is 5.80. The van der Waals surface area contributed by atoms with Gasteiger partial charge in [-0.25, -0.2) is 0 Å². The molecule has 2 aliphatic heterocycles. The molecule has 0 bridgehead atoms. The third kappa shape index (κ3) is 3.76. The summed E-state index contributed by atoms with van der Waals surface area (Å²) in [5.74, 6) is 0.0209. The molecule has 1 N–H and O–H groups in total. The van der Waals surface area contributed by atoms with Gasteiger partial charge < -0.3 is 15.0 Å². The highest BCUT2D eigenvalue weighted by atomic mass is 16.5. The molecule has 1 unspecified atom stereocenters. The molecule has 1 aromatic carbocycles. The molecule has 1 atom stereocenters. The predicted octanol–water partition coefficient (Wildman–Crippen LogP) is 2.47. The van der Waals surface area contributed by atoms with Crippen molar-refractivity contribution in [3.63, 3.8) is 0 Å². The van der Waals surface area contributed by atoms with Crippen LogP contribution in [0.25, 0.3) is 0 Å². The monoisotopic (exact) mass is 288 g/mol. The predicted molar refractivity (Wildman–Crippen MR) is 83.3 cm³/mol. The van der Waals surface area contributed by atoms with Crippen molar-refractivity contribution in [2.24, 2.45) is 0 Å². The normalized spacial score (nSPS) is 22.3. The summed E-state index contributed by atoms with van der Waals surface area (Å²) in [5, 5.41) is 2.96. The Morgan fingerprint density at radius 1 is 1.14 bits per heavy atom. The van der Waals surface area contributed by atoms with E-state index in [4.69, 9.17) is 4.74 Å². The fraction of sp³-hybridized carbons (Fsp3) is 0.588. The number of rotatable bonds is 4. The largest absolute Gasteiger partial charge is 0.372 e. The molecule has 114 valence electrons. The number of nitrogens with one attached hydrogen (secondary N) is 1. The third-order valence-electron chi connectivity index (χ3n) is 4.35. The number of ether oxygens (including phenoxy) is 1. The van der Waals surface area contributed by atoms with Crippen LogP contribution in [0, 0.1) is 0 Å². The van der Waals surface area contributed by atoms with Crippen molar-refractivity contribution in [2.75, 3.05) is 24.6 Å². The lowest BCUT2D eigenvalue weighted by Crippen LogP contribution is -2.33. The van der Waals surface area contributed by atoms with Crippen LogP contribution in [0.2, 0.25) is 0 Å². The number of hydrogen-bond donors (Lipinski definition) is 1. The molecule has 0 aliphatic carbocycles. The highest BCUT2D eigenvalue weighted by Crippen LogP contribution is 2.20. The van der Waals surface area contributed by atoms with Crippen LogP contribution >= 0.6 is 0 Å². The van der Waals surface area contributed by atoms with Crippen molar-refractivity contribution in [3.05, 3.63) is 29.8 Å². The Bertz CT molecular complexity index is 460. The fourth-order valence-corrected chi connectivity index (χ4v) is 3.06. The Morgan fingerprint density at radius 3 is 2.57 bits per heavy atom. The van der Waals surface area contributed by atoms with E-state index in [2.05, 4.69) is 34.5 Å². The fourth-order valence-electron chi connectivity index (χ4n) is 3.06. The number of carbonyl (C=O) groups excluding carboxylic acids is 1. The van der Waals surface area contributed by atoms with Crippen molar-refractivity contribution in [2.45, 2.75) is 44.8 Å². The molecule has 2 saturated heterocycles. The van der Waals surface area contributed by atoms with Crippen LogP contribution in [0.3, 0.4) is 0 Å². The molecule has 0 radical (unpaired) electrons. The number of hydrogen-bond acceptors (Lipinski definition) is 3. The third-order valence-corrected chi connectivity index (χ3v) is 4.35. The van der Waals surface area contributed by atoms with Crippen LogP contribution in [-0.2, 0) is 16.1 Å². The van der Waals surface area contributed by atoms with Gasteiger partial charge in [0, 0.05) is 31.9 Å². The Balaban J connectivity index is 1.50. The zero-order chi connectivity index (χ0) is 14.5. The molecular formula is C17H24N2O2. The van der Waals surface area contributed by atoms with E-state index >= 15 is 0 Å². The van der Waals surface area contributed by atoms with E-state index in [9.17, 15) is 4.79 Å². The number of carbonyl (C=O) groups is 1. The van der Waals surface area contributed by atoms with Crippen molar-refractivity contribution >= 4 is 11.6 Å². The van der Waals surface area contributed by atoms with Gasteiger partial charge in [0.2, 0.25) is 5.91 Å². The van der Waals surface area contributed by atoms with Crippen LogP contribution < -0.4 is 10.2 Å². The smallest absolute Gasteiger partial charge is 0.249 e. The Hall–Kier alpha value is -1.55. The zero-order valence-electron chi connectivity index (χ0n) is 12.5. The molecule has 1 aromatic rings. The van der Waals surface area contributed by atoms with E-state index in [0.29, 0.717) is 13.2 Å². The summed E-state index contributed by atoms with van der Waals surface area (Å²) in [4.78, 5) is 14.3. The van der Waals surface area contributed by atoms with E-state index in [1.165, 1.54) is 24.9 Å². The summed E-state index contributed by atoms with van der Waals surface area (Å²) in [7, 11) is 0. The quantitative estimate of drug-likeness (QED) is 0.925. The summed E-state index contributed by atoms with van der Waals surface area (Å²) in [6.45, 7) is 3.62. The van der Waals surface area contributed by atoms with E-state index in [-0.39, 0.29) is 12.0 Å². The Kier molecular flexibility index (Phi) is 4.76. The maximum absolute atomic E-state index is 11.9. The first-order chi connectivity index (χ1) is 10.3. The topological polar surface area (TPSA) is 41.6 Å². The average molecular weight is 288 g/mol. The molecule has 21 heavy (non-hydrogen) atoms. The molecule has 2 aliphatic rings. The first-order valence-corrected chi connectivity index (χ1v) is 8.06. The summed E-state index contributed by atoms with van der Waals surface area (Å²) < 4.78 is 5.38. The molecule has 0 saturated carbocycles. The van der Waals surface area contributed by atoms with Gasteiger partial charge in [-0.3, -0.25) is 4.79 Å². The van der Waals surface area contributed by atoms with Gasteiger partial charge in [0.15, 0.2) is 0 Å². The Labute approximate surface area is 126 Å². The number of amides is 1. The average Bonchev–Trinajstić information content (AvgIpc) is 3.08. The minimum atomic E-state index is -0.238. The molecule has 4 nitrogen and oxygen atoms in total. The summed E-state index contributed by atoms with van der Waals surface area (Å²) in [5.41, 5.74) is 2.44. The second kappa shape index (κ2) is 6.94. The van der Waals surface area contributed by atoms with E-state index in [1.807, 2.05) is 0 Å². The maximum Gasteiger partial charge on any atom is 0.249 e. The SMILES string of the molecule is O=C(NCc1ccc(N2CCCCC2)cc1)C1CCCO1. The number of benzene rings is 1. The summed E-state index contributed by atoms with van der Waals surface area (Å²) in [6, 6.07) is 8.55. The summed E-state index contributed by atoms with van der Waals surface area (Å²) >= 11 is 0. The molecule has 2 heterocycles. The van der Waals surface area contributed by atoms with E-state index < -0.39 is 0 Å². The van der Waals surface area contributed by atoms with E-state index in [0.717, 1.165) is 31.5 Å². The van der Waals surface area contributed by atoms with Gasteiger partial charge in [-0.2, -0.15) is 0 Å². The lowest BCUT2D eigenvalue weighted by molar-refractivity contribution is -0.130. The molecule has 2 fully saturated rings. The molecule has 0 spiro atoms. The molecule has 4 heteroatoms. The second-order valence-electron chi connectivity index (χ2n) is 5.93. The van der Waals surface area contributed by atoms with Gasteiger partial charge in [0.05, 0.1) is 0 Å². The van der Waals surface area contributed by atoms with Crippen LogP contribution in [0.4, 0.5) is 5.69 Å². The maximum atomic E-state index is 11.9. The van der Waals surface area contributed by atoms with E-state index in [1.54, 1.807) is 0 Å². The molecule has 0 aromatic heterocycles. The van der Waals surface area contributed by atoms with Crippen molar-refractivity contribution in [3.8, 4) is 0 Å². The van der Waals surface area contributed by atoms with Crippen molar-refractivity contribution < 1.29 is 9.53 Å². The van der Waals surface area contributed by atoms with Gasteiger partial charge in [-0.1, -0.05) is 12.1 Å².